The minimum atomic E-state index is -0.466. The van der Waals surface area contributed by atoms with Crippen LogP contribution in [0.4, 0.5) is 0 Å². The first kappa shape index (κ1) is 17.7. The average Bonchev–Trinajstić information content (AvgIpc) is 3.04. The lowest BCUT2D eigenvalue weighted by Gasteiger charge is -2.32. The molecule has 27 heavy (non-hydrogen) atoms. The summed E-state index contributed by atoms with van der Waals surface area (Å²) in [5, 5.41) is 0. The highest BCUT2D eigenvalue weighted by molar-refractivity contribution is 5.76. The van der Waals surface area contributed by atoms with Gasteiger partial charge in [0.25, 0.3) is 5.56 Å². The predicted molar refractivity (Wildman–Crippen MR) is 103 cm³/mol. The van der Waals surface area contributed by atoms with Gasteiger partial charge in [-0.15, -0.1) is 0 Å². The first-order valence-electron chi connectivity index (χ1n) is 9.05. The van der Waals surface area contributed by atoms with Gasteiger partial charge < -0.3 is 9.30 Å². The van der Waals surface area contributed by atoms with E-state index in [0.29, 0.717) is 23.0 Å². The van der Waals surface area contributed by atoms with Crippen LogP contribution in [0.1, 0.15) is 18.5 Å². The molecule has 0 radical (unpaired) electrons. The lowest BCUT2D eigenvalue weighted by atomic mass is 10.0. The Hall–Kier alpha value is -2.71. The Morgan fingerprint density at radius 2 is 1.74 bits per heavy atom. The topological polar surface area (TPSA) is 85.2 Å². The van der Waals surface area contributed by atoms with Crippen LogP contribution in [0.25, 0.3) is 22.6 Å². The molecule has 3 heterocycles. The summed E-state index contributed by atoms with van der Waals surface area (Å²) in [6.45, 7) is 5.62. The molecule has 1 atom stereocenters. The van der Waals surface area contributed by atoms with Gasteiger partial charge in [0.1, 0.15) is 5.82 Å². The van der Waals surface area contributed by atoms with Crippen molar-refractivity contribution in [2.75, 3.05) is 26.3 Å². The molecule has 3 aromatic rings. The maximum atomic E-state index is 12.2. The van der Waals surface area contributed by atoms with E-state index in [9.17, 15) is 9.59 Å². The van der Waals surface area contributed by atoms with Gasteiger partial charge in [0.05, 0.1) is 13.2 Å². The zero-order valence-corrected chi connectivity index (χ0v) is 15.7. The van der Waals surface area contributed by atoms with Crippen LogP contribution in [-0.2, 0) is 18.8 Å². The van der Waals surface area contributed by atoms with Crippen LogP contribution in [0.2, 0.25) is 0 Å². The summed E-state index contributed by atoms with van der Waals surface area (Å²) in [4.78, 5) is 33.3. The van der Waals surface area contributed by atoms with Gasteiger partial charge in [-0.25, -0.2) is 9.78 Å². The second kappa shape index (κ2) is 6.79. The maximum absolute atomic E-state index is 12.2. The summed E-state index contributed by atoms with van der Waals surface area (Å²) in [6.07, 6.45) is 0. The predicted octanol–water partition coefficient (Wildman–Crippen LogP) is 1.02. The number of hydrogen-bond donors (Lipinski definition) is 1. The molecule has 1 N–H and O–H groups in total. The smallest absolute Gasteiger partial charge is 0.329 e. The Balaban J connectivity index is 1.71. The van der Waals surface area contributed by atoms with E-state index in [0.717, 1.165) is 31.9 Å². The highest BCUT2D eigenvalue weighted by Crippen LogP contribution is 2.26. The van der Waals surface area contributed by atoms with E-state index in [1.807, 2.05) is 12.1 Å². The fourth-order valence-corrected chi connectivity index (χ4v) is 3.65. The number of nitrogens with zero attached hydrogens (tertiary/aromatic N) is 4. The molecule has 1 aromatic carbocycles. The van der Waals surface area contributed by atoms with Gasteiger partial charge in [-0.1, -0.05) is 24.3 Å². The number of ether oxygens (including phenoxy) is 1. The molecule has 8 nitrogen and oxygen atoms in total. The molecule has 2 aromatic heterocycles. The molecule has 0 aliphatic carbocycles. The van der Waals surface area contributed by atoms with Crippen LogP contribution in [0.15, 0.2) is 33.9 Å². The zero-order chi connectivity index (χ0) is 19.1. The van der Waals surface area contributed by atoms with Gasteiger partial charge in [0, 0.05) is 38.8 Å². The number of rotatable bonds is 3. The fourth-order valence-electron chi connectivity index (χ4n) is 3.65. The lowest BCUT2D eigenvalue weighted by Crippen LogP contribution is -2.37. The third-order valence-electron chi connectivity index (χ3n) is 5.38. The molecule has 1 saturated heterocycles. The Morgan fingerprint density at radius 1 is 1.07 bits per heavy atom. The van der Waals surface area contributed by atoms with Crippen molar-refractivity contribution in [2.45, 2.75) is 13.0 Å². The van der Waals surface area contributed by atoms with Gasteiger partial charge in [0.2, 0.25) is 0 Å². The van der Waals surface area contributed by atoms with Crippen molar-refractivity contribution < 1.29 is 4.74 Å². The van der Waals surface area contributed by atoms with Crippen LogP contribution in [0.5, 0.6) is 0 Å². The summed E-state index contributed by atoms with van der Waals surface area (Å²) in [7, 11) is 3.39. The van der Waals surface area contributed by atoms with Crippen molar-refractivity contribution in [3.63, 3.8) is 0 Å². The van der Waals surface area contributed by atoms with E-state index >= 15 is 0 Å². The quantitative estimate of drug-likeness (QED) is 0.745. The molecule has 4 rings (SSSR count). The van der Waals surface area contributed by atoms with Gasteiger partial charge in [0.15, 0.2) is 11.2 Å². The SMILES string of the molecule is CC(c1ccc(-c2nc3c(c(=O)[nH]c(=O)n3C)n2C)cc1)N1CCOCC1. The van der Waals surface area contributed by atoms with E-state index < -0.39 is 11.2 Å². The van der Waals surface area contributed by atoms with Gasteiger partial charge in [-0.2, -0.15) is 0 Å². The number of aromatic amines is 1. The number of hydrogen-bond acceptors (Lipinski definition) is 5. The van der Waals surface area contributed by atoms with Gasteiger partial charge in [-0.05, 0) is 12.5 Å². The maximum Gasteiger partial charge on any atom is 0.329 e. The van der Waals surface area contributed by atoms with Crippen LogP contribution >= 0.6 is 0 Å². The summed E-state index contributed by atoms with van der Waals surface area (Å²) in [6, 6.07) is 8.53. The molecule has 142 valence electrons. The fraction of sp³-hybridized carbons (Fsp3) is 0.421. The summed E-state index contributed by atoms with van der Waals surface area (Å²) >= 11 is 0. The van der Waals surface area contributed by atoms with E-state index in [1.165, 1.54) is 10.1 Å². The van der Waals surface area contributed by atoms with Crippen molar-refractivity contribution in [1.29, 1.82) is 0 Å². The Bertz CT molecular complexity index is 1090. The molecule has 0 saturated carbocycles. The molecule has 1 unspecified atom stereocenters. The van der Waals surface area contributed by atoms with E-state index in [2.05, 4.69) is 33.9 Å². The molecule has 1 aliphatic heterocycles. The molecule has 8 heteroatoms. The van der Waals surface area contributed by atoms with E-state index in [-0.39, 0.29) is 0 Å². The van der Waals surface area contributed by atoms with Crippen molar-refractivity contribution >= 4 is 11.2 Å². The highest BCUT2D eigenvalue weighted by Gasteiger charge is 2.19. The second-order valence-corrected chi connectivity index (χ2v) is 6.93. The zero-order valence-electron chi connectivity index (χ0n) is 15.7. The number of morpholine rings is 1. The molecule has 1 fully saturated rings. The molecule has 0 bridgehead atoms. The lowest BCUT2D eigenvalue weighted by molar-refractivity contribution is 0.0198. The van der Waals surface area contributed by atoms with Crippen molar-refractivity contribution in [2.24, 2.45) is 14.1 Å². The van der Waals surface area contributed by atoms with Crippen LogP contribution < -0.4 is 11.2 Å². The highest BCUT2D eigenvalue weighted by atomic mass is 16.5. The van der Waals surface area contributed by atoms with Gasteiger partial charge in [-0.3, -0.25) is 19.2 Å². The summed E-state index contributed by atoms with van der Waals surface area (Å²) in [5.74, 6) is 0.655. The number of nitrogens with one attached hydrogen (secondary N) is 1. The van der Waals surface area contributed by atoms with E-state index in [1.54, 1.807) is 18.7 Å². The average molecular weight is 369 g/mol. The number of benzene rings is 1. The minimum Gasteiger partial charge on any atom is -0.379 e. The minimum absolute atomic E-state index is 0.312. The van der Waals surface area contributed by atoms with Crippen LogP contribution in [0.3, 0.4) is 0 Å². The van der Waals surface area contributed by atoms with Crippen LogP contribution in [0, 0.1) is 0 Å². The summed E-state index contributed by atoms with van der Waals surface area (Å²) in [5.41, 5.74) is 2.01. The standard InChI is InChI=1S/C19H23N5O3/c1-12(24-8-10-27-11-9-24)13-4-6-14(7-5-13)16-20-17-15(22(16)2)18(25)21-19(26)23(17)3/h4-7,12H,8-11H2,1-3H3,(H,21,25,26). The van der Waals surface area contributed by atoms with Crippen molar-refractivity contribution in [1.82, 2.24) is 24.0 Å². The first-order valence-corrected chi connectivity index (χ1v) is 9.05. The third kappa shape index (κ3) is 3.00. The Labute approximate surface area is 156 Å². The molecular weight excluding hydrogens is 346 g/mol. The summed E-state index contributed by atoms with van der Waals surface area (Å²) < 4.78 is 8.51. The largest absolute Gasteiger partial charge is 0.379 e. The van der Waals surface area contributed by atoms with Gasteiger partial charge >= 0.3 is 5.69 Å². The van der Waals surface area contributed by atoms with E-state index in [4.69, 9.17) is 4.74 Å². The Morgan fingerprint density at radius 3 is 2.41 bits per heavy atom. The first-order chi connectivity index (χ1) is 13.0. The monoisotopic (exact) mass is 369 g/mol. The Kier molecular flexibility index (Phi) is 4.45. The number of imidazole rings is 1. The van der Waals surface area contributed by atoms with Crippen LogP contribution in [-0.4, -0.2) is 50.3 Å². The second-order valence-electron chi connectivity index (χ2n) is 6.93. The number of H-pyrrole nitrogens is 1. The normalized spacial score (nSPS) is 16.7. The number of aryl methyl sites for hydroxylation is 2. The molecular formula is C19H23N5O3. The number of fused-ring (bicyclic) bond motifs is 1. The van der Waals surface area contributed by atoms with Crippen molar-refractivity contribution in [3.05, 3.63) is 50.7 Å². The molecule has 0 amide bonds. The molecule has 0 spiro atoms. The third-order valence-corrected chi connectivity index (χ3v) is 5.38. The molecule has 1 aliphatic rings. The van der Waals surface area contributed by atoms with Crippen molar-refractivity contribution in [3.8, 4) is 11.4 Å². The number of aromatic nitrogens is 4.